The van der Waals surface area contributed by atoms with Crippen molar-refractivity contribution in [3.8, 4) is 0 Å². The molecule has 0 heterocycles. The van der Waals surface area contributed by atoms with Crippen LogP contribution < -0.4 is 5.32 Å². The summed E-state index contributed by atoms with van der Waals surface area (Å²) in [5.74, 6) is 1.21. The fourth-order valence-corrected chi connectivity index (χ4v) is 1.80. The third-order valence-corrected chi connectivity index (χ3v) is 2.84. The predicted molar refractivity (Wildman–Crippen MR) is 66.6 cm³/mol. The molecular formula is C11H22F3NOS. The van der Waals surface area contributed by atoms with Crippen LogP contribution in [0.5, 0.6) is 0 Å². The minimum Gasteiger partial charge on any atom is -0.371 e. The molecule has 0 rings (SSSR count). The lowest BCUT2D eigenvalue weighted by atomic mass is 10.2. The monoisotopic (exact) mass is 273 g/mol. The van der Waals surface area contributed by atoms with E-state index in [1.807, 2.05) is 11.8 Å². The highest BCUT2D eigenvalue weighted by Gasteiger charge is 2.27. The number of rotatable bonds is 11. The molecule has 0 fully saturated rings. The van der Waals surface area contributed by atoms with Gasteiger partial charge in [0.25, 0.3) is 0 Å². The van der Waals surface area contributed by atoms with E-state index < -0.39 is 12.8 Å². The molecule has 0 radical (unpaired) electrons. The maximum Gasteiger partial charge on any atom is 0.411 e. The molecule has 0 bridgehead atoms. The molecule has 0 saturated heterocycles. The maximum atomic E-state index is 11.7. The lowest BCUT2D eigenvalue weighted by molar-refractivity contribution is -0.173. The fourth-order valence-electron chi connectivity index (χ4n) is 1.31. The largest absolute Gasteiger partial charge is 0.411 e. The van der Waals surface area contributed by atoms with Gasteiger partial charge in [-0.1, -0.05) is 12.8 Å². The zero-order valence-electron chi connectivity index (χ0n) is 10.3. The highest BCUT2D eigenvalue weighted by Crippen LogP contribution is 2.13. The Balaban J connectivity index is 2.99. The van der Waals surface area contributed by atoms with Crippen LogP contribution in [0.1, 0.15) is 25.7 Å². The number of alkyl halides is 3. The average Bonchev–Trinajstić information content (AvgIpc) is 2.24. The number of hydrogen-bond acceptors (Lipinski definition) is 3. The normalized spacial score (nSPS) is 12.0. The number of thioether (sulfide) groups is 1. The molecule has 0 atom stereocenters. The Morgan fingerprint density at radius 2 is 1.76 bits per heavy atom. The van der Waals surface area contributed by atoms with Gasteiger partial charge in [-0.3, -0.25) is 0 Å². The first-order valence-electron chi connectivity index (χ1n) is 5.90. The van der Waals surface area contributed by atoms with Gasteiger partial charge in [-0.15, -0.1) is 0 Å². The summed E-state index contributed by atoms with van der Waals surface area (Å²) in [6, 6.07) is 0. The van der Waals surface area contributed by atoms with Gasteiger partial charge in [0.15, 0.2) is 0 Å². The van der Waals surface area contributed by atoms with E-state index in [0.29, 0.717) is 6.54 Å². The summed E-state index contributed by atoms with van der Waals surface area (Å²) >= 11 is 1.86. The molecule has 0 aliphatic carbocycles. The van der Waals surface area contributed by atoms with Crippen molar-refractivity contribution in [1.29, 1.82) is 0 Å². The van der Waals surface area contributed by atoms with E-state index >= 15 is 0 Å². The Kier molecular flexibility index (Phi) is 11.2. The summed E-state index contributed by atoms with van der Waals surface area (Å²) in [4.78, 5) is 0. The number of hydrogen-bond donors (Lipinski definition) is 1. The first kappa shape index (κ1) is 17.1. The van der Waals surface area contributed by atoms with Gasteiger partial charge in [-0.2, -0.15) is 24.9 Å². The van der Waals surface area contributed by atoms with Crippen LogP contribution in [0.25, 0.3) is 0 Å². The van der Waals surface area contributed by atoms with Crippen molar-refractivity contribution in [2.75, 3.05) is 38.3 Å². The number of ether oxygens (including phenoxy) is 1. The van der Waals surface area contributed by atoms with Gasteiger partial charge in [-0.05, 0) is 31.4 Å². The van der Waals surface area contributed by atoms with E-state index in [4.69, 9.17) is 0 Å². The molecular weight excluding hydrogens is 251 g/mol. The van der Waals surface area contributed by atoms with Gasteiger partial charge in [0, 0.05) is 6.54 Å². The predicted octanol–water partition coefficient (Wildman–Crippen LogP) is 3.08. The second kappa shape index (κ2) is 11.2. The van der Waals surface area contributed by atoms with Crippen molar-refractivity contribution in [2.45, 2.75) is 31.9 Å². The van der Waals surface area contributed by atoms with E-state index in [1.165, 1.54) is 25.0 Å². The number of nitrogens with one attached hydrogen (secondary N) is 1. The van der Waals surface area contributed by atoms with Crippen molar-refractivity contribution in [3.63, 3.8) is 0 Å². The zero-order valence-corrected chi connectivity index (χ0v) is 11.1. The van der Waals surface area contributed by atoms with Crippen molar-refractivity contribution in [1.82, 2.24) is 5.32 Å². The molecule has 17 heavy (non-hydrogen) atoms. The SMILES string of the molecule is CSCCCCCCNCCOCC(F)(F)F. The van der Waals surface area contributed by atoms with Gasteiger partial charge in [0.1, 0.15) is 6.61 Å². The molecule has 0 aromatic carbocycles. The smallest absolute Gasteiger partial charge is 0.371 e. The van der Waals surface area contributed by atoms with Crippen molar-refractivity contribution < 1.29 is 17.9 Å². The second-order valence-corrected chi connectivity index (χ2v) is 4.81. The lowest BCUT2D eigenvalue weighted by Crippen LogP contribution is -2.24. The first-order valence-corrected chi connectivity index (χ1v) is 7.30. The molecule has 2 nitrogen and oxygen atoms in total. The molecule has 6 heteroatoms. The van der Waals surface area contributed by atoms with E-state index in [-0.39, 0.29) is 6.61 Å². The van der Waals surface area contributed by atoms with E-state index in [1.54, 1.807) is 0 Å². The third kappa shape index (κ3) is 16.1. The fraction of sp³-hybridized carbons (Fsp3) is 1.00. The number of unbranched alkanes of at least 4 members (excludes halogenated alkanes) is 3. The molecule has 0 aliphatic rings. The van der Waals surface area contributed by atoms with Crippen molar-refractivity contribution in [2.24, 2.45) is 0 Å². The van der Waals surface area contributed by atoms with E-state index in [2.05, 4.69) is 16.3 Å². The Morgan fingerprint density at radius 3 is 2.41 bits per heavy atom. The average molecular weight is 273 g/mol. The Morgan fingerprint density at radius 1 is 1.06 bits per heavy atom. The van der Waals surface area contributed by atoms with Crippen LogP contribution in [-0.4, -0.2) is 44.5 Å². The summed E-state index contributed by atoms with van der Waals surface area (Å²) in [6.45, 7) is 0.310. The van der Waals surface area contributed by atoms with E-state index in [0.717, 1.165) is 13.0 Å². The van der Waals surface area contributed by atoms with Crippen LogP contribution in [0.15, 0.2) is 0 Å². The standard InChI is InChI=1S/C11H22F3NOS/c1-17-9-5-3-2-4-6-15-7-8-16-10-11(12,13)14/h15H,2-10H2,1H3. The minimum atomic E-state index is -4.21. The Labute approximate surface area is 106 Å². The molecule has 0 spiro atoms. The molecule has 0 aromatic rings. The summed E-state index contributed by atoms with van der Waals surface area (Å²) in [6.07, 6.45) is 2.62. The minimum absolute atomic E-state index is 0.117. The van der Waals surface area contributed by atoms with Gasteiger partial charge in [-0.25, -0.2) is 0 Å². The molecule has 0 saturated carbocycles. The maximum absolute atomic E-state index is 11.7. The van der Waals surface area contributed by atoms with Crippen LogP contribution in [0.4, 0.5) is 13.2 Å². The molecule has 0 aromatic heterocycles. The topological polar surface area (TPSA) is 21.3 Å². The quantitative estimate of drug-likeness (QED) is 0.585. The van der Waals surface area contributed by atoms with Crippen LogP contribution in [-0.2, 0) is 4.74 Å². The Bertz CT molecular complexity index is 167. The van der Waals surface area contributed by atoms with Gasteiger partial charge in [0.05, 0.1) is 6.61 Å². The third-order valence-electron chi connectivity index (χ3n) is 2.14. The van der Waals surface area contributed by atoms with Gasteiger partial charge in [0.2, 0.25) is 0 Å². The highest BCUT2D eigenvalue weighted by molar-refractivity contribution is 7.98. The second-order valence-electron chi connectivity index (χ2n) is 3.82. The number of halogens is 3. The lowest BCUT2D eigenvalue weighted by Gasteiger charge is -2.08. The summed E-state index contributed by atoms with van der Waals surface area (Å²) in [5, 5.41) is 3.06. The van der Waals surface area contributed by atoms with Crippen LogP contribution >= 0.6 is 11.8 Å². The molecule has 0 amide bonds. The summed E-state index contributed by atoms with van der Waals surface area (Å²) in [7, 11) is 0. The molecule has 0 aliphatic heterocycles. The van der Waals surface area contributed by atoms with Gasteiger partial charge < -0.3 is 10.1 Å². The van der Waals surface area contributed by atoms with Crippen LogP contribution in [0.3, 0.4) is 0 Å². The van der Waals surface area contributed by atoms with E-state index in [9.17, 15) is 13.2 Å². The highest BCUT2D eigenvalue weighted by atomic mass is 32.2. The van der Waals surface area contributed by atoms with Crippen molar-refractivity contribution in [3.05, 3.63) is 0 Å². The molecule has 0 unspecified atom stereocenters. The van der Waals surface area contributed by atoms with Crippen LogP contribution in [0.2, 0.25) is 0 Å². The molecule has 104 valence electrons. The summed E-state index contributed by atoms with van der Waals surface area (Å²) in [5.41, 5.74) is 0. The van der Waals surface area contributed by atoms with Crippen molar-refractivity contribution >= 4 is 11.8 Å². The first-order chi connectivity index (χ1) is 8.06. The van der Waals surface area contributed by atoms with Crippen LogP contribution in [0, 0.1) is 0 Å². The Hall–Kier alpha value is 0.0600. The zero-order chi connectivity index (χ0) is 13.0. The summed E-state index contributed by atoms with van der Waals surface area (Å²) < 4.78 is 39.5. The molecule has 1 N–H and O–H groups in total. The van der Waals surface area contributed by atoms with Gasteiger partial charge >= 0.3 is 6.18 Å².